The zero-order valence-electron chi connectivity index (χ0n) is 12.9. The van der Waals surface area contributed by atoms with Crippen molar-refractivity contribution in [1.82, 2.24) is 4.98 Å². The summed E-state index contributed by atoms with van der Waals surface area (Å²) in [5, 5.41) is 10.8. The van der Waals surface area contributed by atoms with Crippen LogP contribution in [0.1, 0.15) is 21.6 Å². The van der Waals surface area contributed by atoms with Gasteiger partial charge in [0.1, 0.15) is 5.75 Å². The van der Waals surface area contributed by atoms with Crippen LogP contribution in [0.5, 0.6) is 5.75 Å². The number of primary amides is 1. The summed E-state index contributed by atoms with van der Waals surface area (Å²) in [7, 11) is 0. The van der Waals surface area contributed by atoms with E-state index in [1.807, 2.05) is 31.2 Å². The smallest absolute Gasteiger partial charge is 0.269 e. The number of pyridine rings is 1. The van der Waals surface area contributed by atoms with Crippen LogP contribution in [0.2, 0.25) is 0 Å². The Morgan fingerprint density at radius 3 is 2.61 bits per heavy atom. The highest BCUT2D eigenvalue weighted by molar-refractivity contribution is 6.09. The van der Waals surface area contributed by atoms with Crippen molar-refractivity contribution in [2.45, 2.75) is 13.8 Å². The molecule has 3 aromatic rings. The Morgan fingerprint density at radius 2 is 1.91 bits per heavy atom. The van der Waals surface area contributed by atoms with Crippen LogP contribution < -0.4 is 11.5 Å². The monoisotopic (exact) mass is 307 g/mol. The third-order valence-electron chi connectivity index (χ3n) is 3.99. The van der Waals surface area contributed by atoms with Gasteiger partial charge in [0, 0.05) is 10.9 Å². The Morgan fingerprint density at radius 1 is 1.17 bits per heavy atom. The van der Waals surface area contributed by atoms with E-state index in [-0.39, 0.29) is 17.1 Å². The van der Waals surface area contributed by atoms with E-state index in [2.05, 4.69) is 4.98 Å². The molecule has 0 fully saturated rings. The largest absolute Gasteiger partial charge is 0.508 e. The average Bonchev–Trinajstić information content (AvgIpc) is 2.50. The van der Waals surface area contributed by atoms with Gasteiger partial charge in [-0.1, -0.05) is 23.8 Å². The van der Waals surface area contributed by atoms with E-state index < -0.39 is 5.91 Å². The Hall–Kier alpha value is -3.08. The van der Waals surface area contributed by atoms with Crippen molar-refractivity contribution in [2.24, 2.45) is 5.73 Å². The molecule has 0 aliphatic heterocycles. The van der Waals surface area contributed by atoms with Crippen molar-refractivity contribution in [1.29, 1.82) is 0 Å². The molecule has 0 saturated heterocycles. The molecule has 116 valence electrons. The molecule has 1 amide bonds. The Kier molecular flexibility index (Phi) is 3.41. The predicted molar refractivity (Wildman–Crippen MR) is 91.2 cm³/mol. The number of hydrogen-bond donors (Lipinski definition) is 3. The Balaban J connectivity index is 2.51. The number of phenolic OH excluding ortho intramolecular Hbond substituents is 1. The normalized spacial score (nSPS) is 10.9. The molecule has 0 radical (unpaired) electrons. The van der Waals surface area contributed by atoms with Crippen molar-refractivity contribution in [3.05, 3.63) is 53.2 Å². The summed E-state index contributed by atoms with van der Waals surface area (Å²) in [5.74, 6) is -0.510. The summed E-state index contributed by atoms with van der Waals surface area (Å²) in [6.07, 6.45) is 0. The highest BCUT2D eigenvalue weighted by Gasteiger charge is 2.19. The second-order valence-corrected chi connectivity index (χ2v) is 5.58. The highest BCUT2D eigenvalue weighted by Crippen LogP contribution is 2.39. The van der Waals surface area contributed by atoms with Gasteiger partial charge in [-0.15, -0.1) is 0 Å². The van der Waals surface area contributed by atoms with E-state index in [1.54, 1.807) is 19.1 Å². The highest BCUT2D eigenvalue weighted by atomic mass is 16.3. The van der Waals surface area contributed by atoms with E-state index in [1.165, 1.54) is 0 Å². The van der Waals surface area contributed by atoms with Crippen molar-refractivity contribution in [3.8, 4) is 16.9 Å². The number of aryl methyl sites for hydroxylation is 1. The quantitative estimate of drug-likeness (QED) is 0.677. The molecule has 0 spiro atoms. The summed E-state index contributed by atoms with van der Waals surface area (Å²) in [4.78, 5) is 16.0. The number of anilines is 1. The minimum Gasteiger partial charge on any atom is -0.508 e. The number of amides is 1. The molecule has 1 heterocycles. The summed E-state index contributed by atoms with van der Waals surface area (Å²) in [6, 6.07) is 10.9. The topological polar surface area (TPSA) is 102 Å². The summed E-state index contributed by atoms with van der Waals surface area (Å²) < 4.78 is 0. The van der Waals surface area contributed by atoms with E-state index in [0.717, 1.165) is 16.5 Å². The first kappa shape index (κ1) is 14.8. The lowest BCUT2D eigenvalue weighted by Crippen LogP contribution is -2.16. The first-order chi connectivity index (χ1) is 10.9. The molecule has 0 saturated carbocycles. The number of rotatable bonds is 2. The zero-order chi connectivity index (χ0) is 16.7. The van der Waals surface area contributed by atoms with Crippen molar-refractivity contribution in [3.63, 3.8) is 0 Å². The molecule has 0 aliphatic carbocycles. The maximum atomic E-state index is 11.7. The number of fused-ring (bicyclic) bond motifs is 1. The molecule has 5 nitrogen and oxygen atoms in total. The van der Waals surface area contributed by atoms with Gasteiger partial charge in [-0.3, -0.25) is 4.79 Å². The van der Waals surface area contributed by atoms with Crippen molar-refractivity contribution >= 4 is 22.5 Å². The van der Waals surface area contributed by atoms with Gasteiger partial charge in [-0.05, 0) is 43.2 Å². The second-order valence-electron chi connectivity index (χ2n) is 5.58. The fourth-order valence-corrected chi connectivity index (χ4v) is 2.76. The van der Waals surface area contributed by atoms with Gasteiger partial charge in [0.15, 0.2) is 5.69 Å². The van der Waals surface area contributed by atoms with Crippen LogP contribution in [0.25, 0.3) is 22.0 Å². The van der Waals surface area contributed by atoms with E-state index in [0.29, 0.717) is 16.6 Å². The predicted octanol–water partition coefficient (Wildman–Crippen LogP) is 2.91. The molecular formula is C18H17N3O2. The molecule has 23 heavy (non-hydrogen) atoms. The lowest BCUT2D eigenvalue weighted by atomic mass is 9.93. The number of nitrogens with two attached hydrogens (primary N) is 2. The van der Waals surface area contributed by atoms with Crippen LogP contribution >= 0.6 is 0 Å². The fraction of sp³-hybridized carbons (Fsp3) is 0.111. The number of nitrogens with zero attached hydrogens (tertiary/aromatic N) is 1. The summed E-state index contributed by atoms with van der Waals surface area (Å²) in [5.41, 5.74) is 15.7. The van der Waals surface area contributed by atoms with E-state index >= 15 is 0 Å². The third-order valence-corrected chi connectivity index (χ3v) is 3.99. The van der Waals surface area contributed by atoms with Crippen LogP contribution in [0.15, 0.2) is 36.4 Å². The molecule has 5 N–H and O–H groups in total. The van der Waals surface area contributed by atoms with Crippen LogP contribution in [-0.2, 0) is 0 Å². The summed E-state index contributed by atoms with van der Waals surface area (Å²) in [6.45, 7) is 3.77. The van der Waals surface area contributed by atoms with Gasteiger partial charge in [0.25, 0.3) is 5.91 Å². The number of phenols is 1. The van der Waals surface area contributed by atoms with Crippen LogP contribution in [0.4, 0.5) is 5.69 Å². The lowest BCUT2D eigenvalue weighted by molar-refractivity contribution is 0.0997. The van der Waals surface area contributed by atoms with Crippen LogP contribution in [0, 0.1) is 13.8 Å². The molecule has 0 bridgehead atoms. The van der Waals surface area contributed by atoms with Gasteiger partial charge in [0.05, 0.1) is 11.2 Å². The Labute approximate surface area is 133 Å². The molecular weight excluding hydrogens is 290 g/mol. The van der Waals surface area contributed by atoms with Gasteiger partial charge in [-0.25, -0.2) is 4.98 Å². The SMILES string of the molecule is Cc1ccc2nc(C(N)=O)c(N)c(-c3cccc(O)c3C)c2c1. The molecule has 5 heteroatoms. The Bertz CT molecular complexity index is 949. The van der Waals surface area contributed by atoms with Gasteiger partial charge < -0.3 is 16.6 Å². The second kappa shape index (κ2) is 5.28. The number of carbonyl (C=O) groups excluding carboxylic acids is 1. The number of nitrogen functional groups attached to an aromatic ring is 1. The van der Waals surface area contributed by atoms with E-state index in [9.17, 15) is 9.90 Å². The number of benzene rings is 2. The standard InChI is InChI=1S/C18H17N3O2/c1-9-6-7-13-12(8-9)15(16(19)17(21-13)18(20)23)11-4-3-5-14(22)10(11)2/h3-8,22H,19H2,1-2H3,(H2,20,23). The van der Waals surface area contributed by atoms with Crippen LogP contribution in [0.3, 0.4) is 0 Å². The number of aromatic hydroxyl groups is 1. The molecule has 3 rings (SSSR count). The number of carbonyl (C=O) groups is 1. The molecule has 2 aromatic carbocycles. The van der Waals surface area contributed by atoms with Gasteiger partial charge in [-0.2, -0.15) is 0 Å². The fourth-order valence-electron chi connectivity index (χ4n) is 2.76. The maximum absolute atomic E-state index is 11.7. The summed E-state index contributed by atoms with van der Waals surface area (Å²) >= 11 is 0. The first-order valence-electron chi connectivity index (χ1n) is 7.18. The minimum absolute atomic E-state index is 0.0408. The first-order valence-corrected chi connectivity index (χ1v) is 7.18. The molecule has 1 aromatic heterocycles. The molecule has 0 aliphatic rings. The van der Waals surface area contributed by atoms with Crippen molar-refractivity contribution < 1.29 is 9.90 Å². The van der Waals surface area contributed by atoms with Crippen molar-refractivity contribution in [2.75, 3.05) is 5.73 Å². The minimum atomic E-state index is -0.677. The molecule has 0 atom stereocenters. The zero-order valence-corrected chi connectivity index (χ0v) is 12.9. The average molecular weight is 307 g/mol. The van der Waals surface area contributed by atoms with Gasteiger partial charge in [0.2, 0.25) is 0 Å². The molecule has 0 unspecified atom stereocenters. The number of aromatic nitrogens is 1. The maximum Gasteiger partial charge on any atom is 0.269 e. The lowest BCUT2D eigenvalue weighted by Gasteiger charge is -2.16. The number of hydrogen-bond acceptors (Lipinski definition) is 4. The third kappa shape index (κ3) is 2.36. The van der Waals surface area contributed by atoms with Crippen LogP contribution in [-0.4, -0.2) is 16.0 Å². The van der Waals surface area contributed by atoms with Gasteiger partial charge >= 0.3 is 0 Å². The van der Waals surface area contributed by atoms with E-state index in [4.69, 9.17) is 11.5 Å².